The highest BCUT2D eigenvalue weighted by molar-refractivity contribution is 5.99. The molecule has 23 nitrogen and oxygen atoms in total. The Balaban J connectivity index is 0.957. The number of carbonyl (C=O) groups is 6. The minimum atomic E-state index is -1.33. The first kappa shape index (κ1) is 49.9. The second kappa shape index (κ2) is 20.7. The van der Waals surface area contributed by atoms with Gasteiger partial charge in [0, 0.05) is 38.9 Å². The van der Waals surface area contributed by atoms with Crippen molar-refractivity contribution in [2.24, 2.45) is 0 Å². The molecule has 3 aromatic heterocycles. The number of rotatable bonds is 15. The lowest BCUT2D eigenvalue weighted by Crippen LogP contribution is -2.05. The molecule has 7 aromatic carbocycles. The van der Waals surface area contributed by atoms with Gasteiger partial charge in [0.15, 0.2) is 5.78 Å². The lowest BCUT2D eigenvalue weighted by molar-refractivity contribution is 0.0676. The van der Waals surface area contributed by atoms with E-state index in [0.29, 0.717) is 16.7 Å². The molecule has 0 radical (unpaired) electrons. The average molecular weight is 1040 g/mol. The summed E-state index contributed by atoms with van der Waals surface area (Å²) in [6.45, 7) is 1.32. The number of hydrogen-bond acceptors (Lipinski definition) is 18. The predicted molar refractivity (Wildman–Crippen MR) is 274 cm³/mol. The third-order valence-electron chi connectivity index (χ3n) is 12.0. The highest BCUT2D eigenvalue weighted by atomic mass is 16.4. The van der Waals surface area contributed by atoms with Crippen LogP contribution in [0.15, 0.2) is 146 Å². The molecule has 0 aliphatic heterocycles. The number of benzene rings is 7. The molecule has 0 unspecified atom stereocenters. The van der Waals surface area contributed by atoms with E-state index in [4.69, 9.17) is 0 Å². The van der Waals surface area contributed by atoms with E-state index in [0.717, 1.165) is 45.5 Å². The van der Waals surface area contributed by atoms with E-state index < -0.39 is 29.8 Å². The van der Waals surface area contributed by atoms with Crippen LogP contribution in [0, 0.1) is 0 Å². The fourth-order valence-electron chi connectivity index (χ4n) is 8.03. The van der Waals surface area contributed by atoms with Gasteiger partial charge in [-0.05, 0) is 113 Å². The molecule has 0 bridgehead atoms. The molecule has 23 heteroatoms. The second-order valence-corrected chi connectivity index (χ2v) is 17.2. The summed E-state index contributed by atoms with van der Waals surface area (Å²) in [5.74, 6) is -6.52. The van der Waals surface area contributed by atoms with E-state index in [-0.39, 0.29) is 90.8 Å². The van der Waals surface area contributed by atoms with E-state index in [1.807, 2.05) is 54.6 Å². The molecule has 0 aliphatic rings. The van der Waals surface area contributed by atoms with Crippen molar-refractivity contribution in [3.63, 3.8) is 0 Å². The maximum absolute atomic E-state index is 12.1. The minimum absolute atomic E-state index is 0.0282. The fourth-order valence-corrected chi connectivity index (χ4v) is 8.03. The second-order valence-electron chi connectivity index (χ2n) is 17.2. The highest BCUT2D eigenvalue weighted by Crippen LogP contribution is 2.35. The predicted octanol–water partition coefficient (Wildman–Crippen LogP) is 8.12. The molecule has 10 rings (SSSR count). The largest absolute Gasteiger partial charge is 0.478 e. The van der Waals surface area contributed by atoms with Crippen LogP contribution in [0.3, 0.4) is 0 Å². The summed E-state index contributed by atoms with van der Waals surface area (Å²) in [6.07, 6.45) is 0. The summed E-state index contributed by atoms with van der Waals surface area (Å²) in [5, 5.41) is 97.7. The molecular formula is C55H32N12O11. The van der Waals surface area contributed by atoms with Crippen LogP contribution in [0.5, 0.6) is 0 Å². The molecule has 0 fully saturated rings. The summed E-state index contributed by atoms with van der Waals surface area (Å²) in [4.78, 5) is 70.6. The van der Waals surface area contributed by atoms with Crippen molar-refractivity contribution in [3.8, 4) is 102 Å². The van der Waals surface area contributed by atoms with Crippen LogP contribution in [0.4, 0.5) is 0 Å². The van der Waals surface area contributed by atoms with E-state index in [2.05, 4.69) is 61.2 Å². The minimum Gasteiger partial charge on any atom is -0.478 e. The molecule has 0 atom stereocenters. The zero-order chi connectivity index (χ0) is 54.8. The summed E-state index contributed by atoms with van der Waals surface area (Å²) in [6, 6.07) is 38.9. The number of carboxylic acid groups (broad SMARTS) is 5. The van der Waals surface area contributed by atoms with Crippen molar-refractivity contribution in [3.05, 3.63) is 179 Å². The van der Waals surface area contributed by atoms with Crippen molar-refractivity contribution >= 4 is 35.6 Å². The van der Waals surface area contributed by atoms with Gasteiger partial charge in [0.1, 0.15) is 0 Å². The van der Waals surface area contributed by atoms with Crippen LogP contribution in [-0.2, 0) is 0 Å². The van der Waals surface area contributed by atoms with Crippen LogP contribution in [0.25, 0.3) is 102 Å². The van der Waals surface area contributed by atoms with Gasteiger partial charge in [0.05, 0.1) is 27.8 Å². The Morgan fingerprint density at radius 1 is 0.231 bits per heavy atom. The first-order chi connectivity index (χ1) is 37.5. The summed E-state index contributed by atoms with van der Waals surface area (Å²) in [7, 11) is 0. The zero-order valence-corrected chi connectivity index (χ0v) is 39.9. The lowest BCUT2D eigenvalue weighted by atomic mass is 9.92. The number of carboxylic acids is 5. The number of aromatic nitrogens is 12. The Morgan fingerprint density at radius 3 is 0.615 bits per heavy atom. The first-order valence-corrected chi connectivity index (χ1v) is 22.9. The van der Waals surface area contributed by atoms with Crippen molar-refractivity contribution in [1.29, 1.82) is 0 Å². The Hall–Kier alpha value is -11.6. The van der Waals surface area contributed by atoms with Gasteiger partial charge in [-0.2, -0.15) is 0 Å². The van der Waals surface area contributed by atoms with Gasteiger partial charge >= 0.3 is 29.8 Å². The van der Waals surface area contributed by atoms with E-state index >= 15 is 0 Å². The van der Waals surface area contributed by atoms with Crippen LogP contribution in [0.1, 0.15) is 69.1 Å². The Labute approximate surface area is 437 Å². The Bertz CT molecular complexity index is 3540. The molecule has 378 valence electrons. The van der Waals surface area contributed by atoms with Crippen LogP contribution in [-0.4, -0.2) is 122 Å². The lowest BCUT2D eigenvalue weighted by Gasteiger charge is -2.12. The van der Waals surface area contributed by atoms with Crippen molar-refractivity contribution in [1.82, 2.24) is 61.2 Å². The van der Waals surface area contributed by atoms with Gasteiger partial charge in [0.2, 0.25) is 34.9 Å². The summed E-state index contributed by atoms with van der Waals surface area (Å²) < 4.78 is 0. The van der Waals surface area contributed by atoms with Gasteiger partial charge in [-0.3, -0.25) is 4.79 Å². The zero-order valence-electron chi connectivity index (χ0n) is 39.9. The van der Waals surface area contributed by atoms with Gasteiger partial charge in [-0.25, -0.2) is 24.0 Å². The third kappa shape index (κ3) is 10.6. The number of carbonyl (C=O) groups excluding carboxylic acids is 1. The van der Waals surface area contributed by atoms with Gasteiger partial charge < -0.3 is 25.5 Å². The van der Waals surface area contributed by atoms with Gasteiger partial charge in [0.25, 0.3) is 0 Å². The maximum Gasteiger partial charge on any atom is 0.335 e. The Morgan fingerprint density at radius 2 is 0.410 bits per heavy atom. The third-order valence-corrected chi connectivity index (χ3v) is 12.0. The van der Waals surface area contributed by atoms with E-state index in [9.17, 15) is 54.3 Å². The molecule has 0 aliphatic carbocycles. The van der Waals surface area contributed by atoms with Crippen LogP contribution >= 0.6 is 0 Å². The monoisotopic (exact) mass is 1040 g/mol. The Kier molecular flexibility index (Phi) is 13.3. The number of nitrogens with zero attached hydrogens (tertiary/aromatic N) is 12. The first-order valence-electron chi connectivity index (χ1n) is 22.9. The standard InChI is InChI=1S/C55H32N12O11/c1-26(68)33-14-37(19-40(15-33)51(69)70)48-62-56-45(57-63-48)30-8-2-27(3-9-30)34-16-35(28-4-10-31(11-5-28)46-58-64-49(65-59-46)38-20-41(52(71)72)24-42(21-38)53(73)74)18-36(17-34)29-6-12-32(13-7-29)47-60-66-50(67-61-47)39-22-43(54(75)76)25-44(23-39)55(77)78/h2-25H,1H3,(H,69,70)(H,71,72)(H,73,74)(H,75,76)(H,77,78). The van der Waals surface area contributed by atoms with Crippen LogP contribution < -0.4 is 0 Å². The number of aromatic carboxylic acids is 5. The SMILES string of the molecule is CC(=O)c1cc(C(=O)O)cc(-c2nnc(-c3ccc(-c4cc(-c5ccc(-c6nnc(-c7cc(C(=O)O)cc(C(=O)O)c7)nn6)cc5)cc(-c5ccc(-c6nnc(-c7cc(C(=O)O)cc(C(=O)O)c7)nn6)cc5)c4)cc3)nn2)c1. The van der Waals surface area contributed by atoms with E-state index in [1.54, 1.807) is 36.4 Å². The topological polar surface area (TPSA) is 358 Å². The van der Waals surface area contributed by atoms with Crippen molar-refractivity contribution < 1.29 is 54.3 Å². The van der Waals surface area contributed by atoms with Gasteiger partial charge in [-0.1, -0.05) is 72.8 Å². The number of ketones is 1. The highest BCUT2D eigenvalue weighted by Gasteiger charge is 2.19. The molecular weight excluding hydrogens is 1000 g/mol. The van der Waals surface area contributed by atoms with E-state index in [1.165, 1.54) is 49.4 Å². The normalized spacial score (nSPS) is 10.9. The molecule has 0 saturated heterocycles. The molecule has 0 saturated carbocycles. The van der Waals surface area contributed by atoms with Crippen molar-refractivity contribution in [2.75, 3.05) is 0 Å². The fraction of sp³-hybridized carbons (Fsp3) is 0.0182. The number of Topliss-reactive ketones (excluding diaryl/α,β-unsaturated/α-hetero) is 1. The molecule has 5 N–H and O–H groups in total. The summed E-state index contributed by atoms with van der Waals surface area (Å²) in [5.41, 5.74) is 5.95. The summed E-state index contributed by atoms with van der Waals surface area (Å²) >= 11 is 0. The van der Waals surface area contributed by atoms with Crippen LogP contribution in [0.2, 0.25) is 0 Å². The molecule has 10 aromatic rings. The van der Waals surface area contributed by atoms with Crippen molar-refractivity contribution in [2.45, 2.75) is 6.92 Å². The average Bonchev–Trinajstić information content (AvgIpc) is 3.47. The molecule has 0 amide bonds. The molecule has 0 spiro atoms. The maximum atomic E-state index is 12.1. The number of hydrogen-bond donors (Lipinski definition) is 5. The molecule has 3 heterocycles. The smallest absolute Gasteiger partial charge is 0.335 e. The van der Waals surface area contributed by atoms with Gasteiger partial charge in [-0.15, -0.1) is 61.2 Å². The molecule has 78 heavy (non-hydrogen) atoms. The quantitative estimate of drug-likeness (QED) is 0.0605.